The zero-order chi connectivity index (χ0) is 14.5. The van der Waals surface area contributed by atoms with Gasteiger partial charge in [0.05, 0.1) is 19.3 Å². The van der Waals surface area contributed by atoms with Crippen LogP contribution in [0.3, 0.4) is 0 Å². The minimum Gasteiger partial charge on any atom is -0.493 e. The molecule has 1 aromatic carbocycles. The summed E-state index contributed by atoms with van der Waals surface area (Å²) in [5.74, 6) is -1.28. The summed E-state index contributed by atoms with van der Waals surface area (Å²) in [5.41, 5.74) is 0.411. The predicted octanol–water partition coefficient (Wildman–Crippen LogP) is 2.71. The summed E-state index contributed by atoms with van der Waals surface area (Å²) in [7, 11) is 1.54. The van der Waals surface area contributed by atoms with Gasteiger partial charge < -0.3 is 14.6 Å². The first-order chi connectivity index (χ1) is 9.65. The van der Waals surface area contributed by atoms with Gasteiger partial charge in [0, 0.05) is 0 Å². The number of nitriles is 1. The Bertz CT molecular complexity index is 529. The molecule has 106 valence electrons. The van der Waals surface area contributed by atoms with Crippen molar-refractivity contribution < 1.29 is 19.4 Å². The van der Waals surface area contributed by atoms with Crippen LogP contribution in [0.5, 0.6) is 11.5 Å². The van der Waals surface area contributed by atoms with Crippen LogP contribution in [0.1, 0.15) is 37.2 Å². The summed E-state index contributed by atoms with van der Waals surface area (Å²) >= 11 is 0. The van der Waals surface area contributed by atoms with E-state index in [1.165, 1.54) is 7.11 Å². The normalized spacial score (nSPS) is 16.4. The topological polar surface area (TPSA) is 79.5 Å². The molecule has 5 nitrogen and oxygen atoms in total. The fraction of sp³-hybridized carbons (Fsp3) is 0.467. The van der Waals surface area contributed by atoms with E-state index in [1.54, 1.807) is 24.3 Å². The molecule has 1 aromatic rings. The Morgan fingerprint density at radius 3 is 2.65 bits per heavy atom. The molecule has 1 N–H and O–H groups in total. The van der Waals surface area contributed by atoms with E-state index < -0.39 is 11.9 Å². The fourth-order valence-corrected chi connectivity index (χ4v) is 2.42. The molecule has 1 aliphatic carbocycles. The van der Waals surface area contributed by atoms with Gasteiger partial charge in [-0.15, -0.1) is 0 Å². The van der Waals surface area contributed by atoms with Crippen LogP contribution in [-0.4, -0.2) is 24.3 Å². The molecule has 5 heteroatoms. The van der Waals surface area contributed by atoms with Gasteiger partial charge in [-0.2, -0.15) is 5.26 Å². The molecule has 2 rings (SSSR count). The molecular weight excluding hydrogens is 258 g/mol. The van der Waals surface area contributed by atoms with Crippen molar-refractivity contribution >= 4 is 5.97 Å². The number of ether oxygens (including phenoxy) is 2. The highest BCUT2D eigenvalue weighted by Gasteiger charge is 2.23. The van der Waals surface area contributed by atoms with Crippen molar-refractivity contribution in [3.05, 3.63) is 23.8 Å². The van der Waals surface area contributed by atoms with Crippen LogP contribution in [0.15, 0.2) is 18.2 Å². The first kappa shape index (κ1) is 14.2. The van der Waals surface area contributed by atoms with Crippen molar-refractivity contribution in [3.8, 4) is 17.6 Å². The number of carboxylic acid groups (broad SMARTS) is 1. The maximum atomic E-state index is 11.0. The lowest BCUT2D eigenvalue weighted by Crippen LogP contribution is -2.13. The van der Waals surface area contributed by atoms with Crippen LogP contribution >= 0.6 is 0 Å². The van der Waals surface area contributed by atoms with E-state index >= 15 is 0 Å². The minimum absolute atomic E-state index is 0.143. The lowest BCUT2D eigenvalue weighted by Gasteiger charge is -2.17. The zero-order valence-electron chi connectivity index (χ0n) is 11.3. The predicted molar refractivity (Wildman–Crippen MR) is 71.9 cm³/mol. The minimum atomic E-state index is -1.19. The summed E-state index contributed by atoms with van der Waals surface area (Å²) in [5, 5.41) is 18.0. The third kappa shape index (κ3) is 3.02. The Morgan fingerprint density at radius 1 is 1.40 bits per heavy atom. The molecule has 1 atom stereocenters. The standard InChI is InChI=1S/C15H17NO4/c1-19-13-7-6-10(12(9-16)15(17)18)8-14(13)20-11-4-2-3-5-11/h6-8,11-12H,2-5H2,1H3,(H,17,18). The Kier molecular flexibility index (Phi) is 4.46. The SMILES string of the molecule is COc1ccc(C(C#N)C(=O)O)cc1OC1CCCC1. The highest BCUT2D eigenvalue weighted by molar-refractivity contribution is 5.79. The largest absolute Gasteiger partial charge is 0.493 e. The molecule has 1 fully saturated rings. The number of carbonyl (C=O) groups is 1. The number of hydrogen-bond donors (Lipinski definition) is 1. The molecule has 0 radical (unpaired) electrons. The van der Waals surface area contributed by atoms with Crippen molar-refractivity contribution in [2.24, 2.45) is 0 Å². The fourth-order valence-electron chi connectivity index (χ4n) is 2.42. The number of carboxylic acids is 1. The van der Waals surface area contributed by atoms with E-state index in [4.69, 9.17) is 19.8 Å². The molecule has 0 spiro atoms. The molecule has 1 saturated carbocycles. The van der Waals surface area contributed by atoms with Gasteiger partial charge in [0.2, 0.25) is 0 Å². The highest BCUT2D eigenvalue weighted by atomic mass is 16.5. The second-order valence-corrected chi connectivity index (χ2v) is 4.83. The zero-order valence-corrected chi connectivity index (χ0v) is 11.3. The van der Waals surface area contributed by atoms with Crippen LogP contribution in [0, 0.1) is 11.3 Å². The summed E-state index contributed by atoms with van der Waals surface area (Å²) in [6.07, 6.45) is 4.41. The summed E-state index contributed by atoms with van der Waals surface area (Å²) in [4.78, 5) is 11.0. The lowest BCUT2D eigenvalue weighted by atomic mass is 10.0. The first-order valence-electron chi connectivity index (χ1n) is 6.62. The number of rotatable bonds is 5. The Morgan fingerprint density at radius 2 is 2.10 bits per heavy atom. The van der Waals surface area contributed by atoms with Gasteiger partial charge in [-0.1, -0.05) is 6.07 Å². The van der Waals surface area contributed by atoms with Gasteiger partial charge in [-0.3, -0.25) is 4.79 Å². The van der Waals surface area contributed by atoms with E-state index in [0.717, 1.165) is 25.7 Å². The van der Waals surface area contributed by atoms with Crippen molar-refractivity contribution in [3.63, 3.8) is 0 Å². The third-order valence-corrected chi connectivity index (χ3v) is 3.49. The van der Waals surface area contributed by atoms with Gasteiger partial charge >= 0.3 is 5.97 Å². The van der Waals surface area contributed by atoms with Crippen molar-refractivity contribution in [1.29, 1.82) is 5.26 Å². The van der Waals surface area contributed by atoms with E-state index in [0.29, 0.717) is 17.1 Å². The van der Waals surface area contributed by atoms with Gasteiger partial charge in [0.25, 0.3) is 0 Å². The molecule has 20 heavy (non-hydrogen) atoms. The summed E-state index contributed by atoms with van der Waals surface area (Å²) in [6, 6.07) is 6.61. The summed E-state index contributed by atoms with van der Waals surface area (Å²) < 4.78 is 11.1. The molecule has 0 saturated heterocycles. The maximum Gasteiger partial charge on any atom is 0.325 e. The van der Waals surface area contributed by atoms with Gasteiger partial charge in [-0.05, 0) is 43.4 Å². The van der Waals surface area contributed by atoms with E-state index in [9.17, 15) is 4.79 Å². The van der Waals surface area contributed by atoms with E-state index in [1.807, 2.05) is 0 Å². The highest BCUT2D eigenvalue weighted by Crippen LogP contribution is 2.34. The third-order valence-electron chi connectivity index (χ3n) is 3.49. The van der Waals surface area contributed by atoms with Gasteiger partial charge in [0.15, 0.2) is 17.4 Å². The monoisotopic (exact) mass is 275 g/mol. The molecule has 0 amide bonds. The van der Waals surface area contributed by atoms with Crippen molar-refractivity contribution in [1.82, 2.24) is 0 Å². The smallest absolute Gasteiger partial charge is 0.325 e. The Balaban J connectivity index is 2.28. The van der Waals surface area contributed by atoms with Gasteiger partial charge in [0.1, 0.15) is 0 Å². The quantitative estimate of drug-likeness (QED) is 0.893. The maximum absolute atomic E-state index is 11.0. The number of methoxy groups -OCH3 is 1. The average Bonchev–Trinajstić information content (AvgIpc) is 2.92. The second kappa shape index (κ2) is 6.29. The molecule has 0 aromatic heterocycles. The van der Waals surface area contributed by atoms with Crippen molar-refractivity contribution in [2.75, 3.05) is 7.11 Å². The summed E-state index contributed by atoms with van der Waals surface area (Å²) in [6.45, 7) is 0. The van der Waals surface area contributed by atoms with Crippen LogP contribution in [0.4, 0.5) is 0 Å². The van der Waals surface area contributed by atoms with Crippen LogP contribution in [-0.2, 0) is 4.79 Å². The van der Waals surface area contributed by atoms with Crippen molar-refractivity contribution in [2.45, 2.75) is 37.7 Å². The van der Waals surface area contributed by atoms with E-state index in [-0.39, 0.29) is 6.10 Å². The van der Waals surface area contributed by atoms with Crippen LogP contribution in [0.2, 0.25) is 0 Å². The number of aliphatic carboxylic acids is 1. The van der Waals surface area contributed by atoms with Crippen LogP contribution in [0.25, 0.3) is 0 Å². The number of benzene rings is 1. The first-order valence-corrected chi connectivity index (χ1v) is 6.62. The Hall–Kier alpha value is -2.22. The second-order valence-electron chi connectivity index (χ2n) is 4.83. The molecule has 1 unspecified atom stereocenters. The average molecular weight is 275 g/mol. The lowest BCUT2D eigenvalue weighted by molar-refractivity contribution is -0.137. The van der Waals surface area contributed by atoms with E-state index in [2.05, 4.69) is 0 Å². The number of hydrogen-bond acceptors (Lipinski definition) is 4. The number of nitrogens with zero attached hydrogens (tertiary/aromatic N) is 1. The molecular formula is C15H17NO4. The molecule has 0 heterocycles. The molecule has 0 aliphatic heterocycles. The van der Waals surface area contributed by atoms with Crippen LogP contribution < -0.4 is 9.47 Å². The van der Waals surface area contributed by atoms with Gasteiger partial charge in [-0.25, -0.2) is 0 Å². The Labute approximate surface area is 117 Å². The molecule has 0 bridgehead atoms. The molecule has 1 aliphatic rings.